The summed E-state index contributed by atoms with van der Waals surface area (Å²) in [4.78, 5) is 47.1. The topological polar surface area (TPSA) is 101 Å². The van der Waals surface area contributed by atoms with Gasteiger partial charge in [0, 0.05) is 44.1 Å². The van der Waals surface area contributed by atoms with Crippen molar-refractivity contribution in [1.29, 1.82) is 0 Å². The van der Waals surface area contributed by atoms with Crippen LogP contribution in [-0.4, -0.2) is 80.4 Å². The Balaban J connectivity index is 1.74. The number of carbonyl (C=O) groups is 3. The van der Waals surface area contributed by atoms with Crippen LogP contribution < -0.4 is 10.1 Å². The average Bonchev–Trinajstić information content (AvgIpc) is 3.69. The highest BCUT2D eigenvalue weighted by molar-refractivity contribution is 7.10. The predicted molar refractivity (Wildman–Crippen MR) is 151 cm³/mol. The Hall–Kier alpha value is -3.47. The van der Waals surface area contributed by atoms with Crippen LogP contribution in [0.15, 0.2) is 52.3 Å². The molecule has 1 aromatic carbocycles. The number of rotatable bonds is 8. The number of ether oxygens (including phenoxy) is 2. The number of nitrogens with one attached hydrogen (secondary N) is 1. The maximum atomic E-state index is 14.4. The molecule has 4 heterocycles. The van der Waals surface area contributed by atoms with E-state index in [1.165, 1.54) is 18.4 Å². The quantitative estimate of drug-likeness (QED) is 0.417. The van der Waals surface area contributed by atoms with Crippen LogP contribution in [-0.2, 0) is 14.3 Å². The first kappa shape index (κ1) is 28.1. The monoisotopic (exact) mass is 565 g/mol. The molecule has 5 rings (SSSR count). The Bertz CT molecular complexity index is 1360. The highest BCUT2D eigenvalue weighted by Crippen LogP contribution is 2.53. The molecule has 2 amide bonds. The molecule has 4 atom stereocenters. The first-order valence-electron chi connectivity index (χ1n) is 13.4. The van der Waals surface area contributed by atoms with Crippen molar-refractivity contribution in [1.82, 2.24) is 15.1 Å². The van der Waals surface area contributed by atoms with Crippen LogP contribution in [0.3, 0.4) is 0 Å². The number of amides is 2. The molecule has 2 fully saturated rings. The lowest BCUT2D eigenvalue weighted by Crippen LogP contribution is -2.55. The summed E-state index contributed by atoms with van der Waals surface area (Å²) >= 11 is 1.51. The van der Waals surface area contributed by atoms with E-state index in [1.54, 1.807) is 36.0 Å². The van der Waals surface area contributed by atoms with E-state index in [2.05, 4.69) is 5.32 Å². The summed E-state index contributed by atoms with van der Waals surface area (Å²) in [5.74, 6) is -0.600. The van der Waals surface area contributed by atoms with Gasteiger partial charge < -0.3 is 29.0 Å². The molecule has 2 saturated heterocycles. The van der Waals surface area contributed by atoms with Crippen molar-refractivity contribution in [3.8, 4) is 5.75 Å². The number of piperazine rings is 1. The Morgan fingerprint density at radius 2 is 1.75 bits per heavy atom. The number of methoxy groups -OCH3 is 2. The van der Waals surface area contributed by atoms with Crippen LogP contribution in [0.25, 0.3) is 0 Å². The van der Waals surface area contributed by atoms with Gasteiger partial charge in [0.2, 0.25) is 17.6 Å². The number of carbonyl (C=O) groups excluding carboxylic acids is 3. The second kappa shape index (κ2) is 12.0. The Morgan fingerprint density at radius 1 is 1.02 bits per heavy atom. The van der Waals surface area contributed by atoms with Gasteiger partial charge in [-0.3, -0.25) is 14.4 Å². The van der Waals surface area contributed by atoms with Gasteiger partial charge in [-0.25, -0.2) is 0 Å². The summed E-state index contributed by atoms with van der Waals surface area (Å²) in [5, 5.41) is 5.26. The number of Topliss-reactive ketones (excluding diaryl/α,β-unsaturated/α-hetero) is 1. The number of hydrogen-bond donors (Lipinski definition) is 1. The summed E-state index contributed by atoms with van der Waals surface area (Å²) in [5.41, 5.74) is 1.72. The van der Waals surface area contributed by atoms with Crippen LogP contribution >= 0.6 is 11.3 Å². The number of nitrogens with zero attached hydrogens (tertiary/aromatic N) is 2. The highest BCUT2D eigenvalue weighted by Gasteiger charge is 2.59. The van der Waals surface area contributed by atoms with Gasteiger partial charge >= 0.3 is 0 Å². The van der Waals surface area contributed by atoms with Crippen LogP contribution in [0.5, 0.6) is 5.75 Å². The molecule has 0 aliphatic carbocycles. The molecule has 9 nitrogen and oxygen atoms in total. The van der Waals surface area contributed by atoms with Gasteiger partial charge in [0.15, 0.2) is 5.76 Å². The molecule has 2 aromatic heterocycles. The minimum absolute atomic E-state index is 0.159. The second-order valence-corrected chi connectivity index (χ2v) is 11.2. The number of ketones is 1. The molecule has 0 radical (unpaired) electrons. The average molecular weight is 566 g/mol. The predicted octanol–water partition coefficient (Wildman–Crippen LogP) is 3.58. The minimum atomic E-state index is -0.893. The maximum Gasteiger partial charge on any atom is 0.249 e. The summed E-state index contributed by atoms with van der Waals surface area (Å²) in [6.07, 6.45) is 0. The lowest BCUT2D eigenvalue weighted by atomic mass is 9.79. The van der Waals surface area contributed by atoms with Crippen molar-refractivity contribution in [3.63, 3.8) is 0 Å². The second-order valence-electron chi connectivity index (χ2n) is 10.3. The van der Waals surface area contributed by atoms with Crippen LogP contribution in [0, 0.1) is 19.8 Å². The van der Waals surface area contributed by atoms with Crippen molar-refractivity contribution in [2.75, 3.05) is 47.0 Å². The third kappa shape index (κ3) is 5.18. The van der Waals surface area contributed by atoms with E-state index in [1.807, 2.05) is 42.6 Å². The summed E-state index contributed by atoms with van der Waals surface area (Å²) in [6, 6.07) is 11.1. The molecule has 0 spiro atoms. The number of thiophene rings is 1. The third-order valence-electron chi connectivity index (χ3n) is 7.85. The molecule has 10 heteroatoms. The third-order valence-corrected chi connectivity index (χ3v) is 8.97. The Morgan fingerprint density at radius 3 is 2.33 bits per heavy atom. The fraction of sp³-hybridized carbons (Fsp3) is 0.433. The first-order chi connectivity index (χ1) is 19.3. The van der Waals surface area contributed by atoms with Gasteiger partial charge in [0.1, 0.15) is 24.2 Å². The first-order valence-corrected chi connectivity index (χ1v) is 14.3. The van der Waals surface area contributed by atoms with Crippen molar-refractivity contribution in [3.05, 3.63) is 75.4 Å². The van der Waals surface area contributed by atoms with E-state index in [0.717, 1.165) is 16.0 Å². The summed E-state index contributed by atoms with van der Waals surface area (Å²) in [6.45, 7) is 5.96. The van der Waals surface area contributed by atoms with Crippen molar-refractivity contribution < 1.29 is 28.3 Å². The van der Waals surface area contributed by atoms with Crippen molar-refractivity contribution >= 4 is 28.9 Å². The zero-order chi connectivity index (χ0) is 28.4. The molecule has 0 bridgehead atoms. The molecule has 0 saturated carbocycles. The molecular formula is C30H35N3O6S. The fourth-order valence-corrected chi connectivity index (χ4v) is 7.11. The molecule has 40 heavy (non-hydrogen) atoms. The maximum absolute atomic E-state index is 14.4. The molecule has 212 valence electrons. The van der Waals surface area contributed by atoms with Gasteiger partial charge in [0.05, 0.1) is 19.1 Å². The number of benzene rings is 1. The van der Waals surface area contributed by atoms with Gasteiger partial charge in [-0.15, -0.1) is 11.3 Å². The molecule has 2 aliphatic heterocycles. The standard InChI is InChI=1S/C30H35N3O6S/c1-18-11-16-40-29(18)25-24(28(35)22-10-5-19(2)39-22)26(20-6-8-21(38-4)9-7-20)33(23(34)17-37-3)27(25)30(36)32-14-12-31-13-15-32/h5-11,16,24-27,31H,12-15,17H2,1-4H3. The van der Waals surface area contributed by atoms with Gasteiger partial charge in [0.25, 0.3) is 0 Å². The van der Waals surface area contributed by atoms with Gasteiger partial charge in [-0.2, -0.15) is 0 Å². The smallest absolute Gasteiger partial charge is 0.249 e. The molecule has 2 aliphatic rings. The number of furan rings is 1. The van der Waals surface area contributed by atoms with Gasteiger partial charge in [-0.1, -0.05) is 12.1 Å². The van der Waals surface area contributed by atoms with E-state index in [9.17, 15) is 14.4 Å². The zero-order valence-electron chi connectivity index (χ0n) is 23.2. The number of hydrogen-bond acceptors (Lipinski definition) is 8. The lowest BCUT2D eigenvalue weighted by molar-refractivity contribution is -0.148. The van der Waals surface area contributed by atoms with E-state index >= 15 is 0 Å². The van der Waals surface area contributed by atoms with Crippen LogP contribution in [0.2, 0.25) is 0 Å². The molecular weight excluding hydrogens is 530 g/mol. The van der Waals surface area contributed by atoms with E-state index in [0.29, 0.717) is 37.7 Å². The van der Waals surface area contributed by atoms with Crippen molar-refractivity contribution in [2.24, 2.45) is 5.92 Å². The number of likely N-dealkylation sites (tertiary alicyclic amines) is 1. The van der Waals surface area contributed by atoms with Gasteiger partial charge in [-0.05, 0) is 60.7 Å². The van der Waals surface area contributed by atoms with Crippen LogP contribution in [0.4, 0.5) is 0 Å². The highest BCUT2D eigenvalue weighted by atomic mass is 32.1. The van der Waals surface area contributed by atoms with E-state index in [-0.39, 0.29) is 30.0 Å². The fourth-order valence-electron chi connectivity index (χ4n) is 6.00. The molecule has 1 N–H and O–H groups in total. The SMILES string of the molecule is COCC(=O)N1C(C(=O)N2CCNCC2)C(c2sccc2C)C(C(=O)c2ccc(C)o2)C1c1ccc(OC)cc1. The zero-order valence-corrected chi connectivity index (χ0v) is 24.0. The van der Waals surface area contributed by atoms with E-state index in [4.69, 9.17) is 13.9 Å². The normalized spacial score (nSPS) is 22.9. The Labute approximate surface area is 238 Å². The largest absolute Gasteiger partial charge is 0.497 e. The number of aryl methyl sites for hydroxylation is 2. The molecule has 3 aromatic rings. The summed E-state index contributed by atoms with van der Waals surface area (Å²) in [7, 11) is 3.04. The molecule has 4 unspecified atom stereocenters. The van der Waals surface area contributed by atoms with E-state index < -0.39 is 23.9 Å². The minimum Gasteiger partial charge on any atom is -0.497 e. The van der Waals surface area contributed by atoms with Crippen LogP contribution in [0.1, 0.15) is 44.3 Å². The Kier molecular flexibility index (Phi) is 8.39. The summed E-state index contributed by atoms with van der Waals surface area (Å²) < 4.78 is 16.5. The van der Waals surface area contributed by atoms with Crippen molar-refractivity contribution in [2.45, 2.75) is 31.8 Å². The lowest BCUT2D eigenvalue weighted by Gasteiger charge is -2.36.